The maximum absolute atomic E-state index is 4.11. The smallest absolute Gasteiger partial charge is 0.0618 e. The molecule has 0 bridgehead atoms. The highest BCUT2D eigenvalue weighted by atomic mass is 127. The average molecular weight is 1400 g/mol. The quantitative estimate of drug-likeness (QED) is 0.0257. The summed E-state index contributed by atoms with van der Waals surface area (Å²) in [5.41, 5.74) is 35.7. The topological polar surface area (TPSA) is 6.48 Å². The van der Waals surface area contributed by atoms with Crippen molar-refractivity contribution < 1.29 is 0 Å². The molecular formula is C95H105IN2. The molecule has 0 aromatic heterocycles. The van der Waals surface area contributed by atoms with Gasteiger partial charge in [-0.05, 0) is 270 Å². The standard InChI is InChI=1S/C95H105IN2/c1-17-20-22-24-26-77-62-90(88-55-53-86(60-67(88)7)98(84-50-38-76(39-51-84)92-70(10)58-65(5)63-94(92,14)15)82-46-34-74(35-47-82)72-30-42-80(43-31-72)95(16,96)19-3)78(27-25-23-21-18-2)61-89(77)87-54-52-85(59-66(87)6)97(83-48-36-75(37-49-83)91-68(8)56-64(4)57-69(91)9)81-44-32-73(33-45-81)71-28-40-79(41-29-71)93(11,12)13/h19,28-63,92H,3,17-18,20-27H2,1-2,4-16H3. The molecule has 0 fully saturated rings. The summed E-state index contributed by atoms with van der Waals surface area (Å²) in [5.74, 6) is 0.301. The number of alkyl halides is 1. The molecule has 0 radical (unpaired) electrons. The number of anilines is 6. The number of nitrogens with zero attached hydrogens (tertiary/aromatic N) is 2. The van der Waals surface area contributed by atoms with Crippen molar-refractivity contribution in [3.63, 3.8) is 0 Å². The summed E-state index contributed by atoms with van der Waals surface area (Å²) >= 11 is 2.48. The largest absolute Gasteiger partial charge is 0.310 e. The van der Waals surface area contributed by atoms with Crippen LogP contribution in [0.4, 0.5) is 34.1 Å². The average Bonchev–Trinajstić information content (AvgIpc) is 0.776. The Bertz CT molecular complexity index is 4470. The molecule has 10 aromatic rings. The van der Waals surface area contributed by atoms with Crippen molar-refractivity contribution in [3.8, 4) is 55.6 Å². The number of unbranched alkanes of at least 4 members (excludes halogenated alkanes) is 6. The predicted octanol–water partition coefficient (Wildman–Crippen LogP) is 28.9. The molecule has 0 heterocycles. The van der Waals surface area contributed by atoms with Gasteiger partial charge in [0.15, 0.2) is 0 Å². The molecule has 3 heteroatoms. The molecule has 1 aliphatic rings. The van der Waals surface area contributed by atoms with E-state index in [1.165, 1.54) is 161 Å². The van der Waals surface area contributed by atoms with Crippen LogP contribution in [0.25, 0.3) is 55.6 Å². The molecular weight excluding hydrogens is 1300 g/mol. The van der Waals surface area contributed by atoms with Crippen molar-refractivity contribution in [2.45, 2.75) is 183 Å². The van der Waals surface area contributed by atoms with E-state index in [9.17, 15) is 0 Å². The Kier molecular flexibility index (Phi) is 22.1. The summed E-state index contributed by atoms with van der Waals surface area (Å²) in [6.07, 6.45) is 18.5. The lowest BCUT2D eigenvalue weighted by atomic mass is 9.68. The van der Waals surface area contributed by atoms with Crippen LogP contribution >= 0.6 is 22.6 Å². The molecule has 11 rings (SSSR count). The van der Waals surface area contributed by atoms with Crippen molar-refractivity contribution in [2.24, 2.45) is 5.41 Å². The van der Waals surface area contributed by atoms with Gasteiger partial charge in [0.1, 0.15) is 0 Å². The molecule has 0 spiro atoms. The van der Waals surface area contributed by atoms with Gasteiger partial charge >= 0.3 is 0 Å². The number of hydrogen-bond donors (Lipinski definition) is 0. The summed E-state index contributed by atoms with van der Waals surface area (Å²) in [4.78, 5) is 4.91. The third kappa shape index (κ3) is 15.9. The second-order valence-corrected chi connectivity index (χ2v) is 32.4. The highest BCUT2D eigenvalue weighted by Gasteiger charge is 2.33. The summed E-state index contributed by atoms with van der Waals surface area (Å²) < 4.78 is -0.124. The number of benzene rings is 10. The Morgan fingerprint density at radius 1 is 0.418 bits per heavy atom. The van der Waals surface area contributed by atoms with Gasteiger partial charge in [0.25, 0.3) is 0 Å². The molecule has 10 aromatic carbocycles. The number of allylic oxidation sites excluding steroid dienone is 5. The van der Waals surface area contributed by atoms with E-state index in [1.807, 2.05) is 6.08 Å². The van der Waals surface area contributed by atoms with Gasteiger partial charge in [0.2, 0.25) is 0 Å². The predicted molar refractivity (Wildman–Crippen MR) is 437 cm³/mol. The molecule has 0 saturated heterocycles. The molecule has 0 N–H and O–H groups in total. The van der Waals surface area contributed by atoms with E-state index in [2.05, 4.69) is 361 Å². The summed E-state index contributed by atoms with van der Waals surface area (Å²) in [7, 11) is 0. The van der Waals surface area contributed by atoms with Crippen LogP contribution in [0, 0.1) is 40.0 Å². The second-order valence-electron chi connectivity index (χ2n) is 30.2. The second kappa shape index (κ2) is 30.5. The van der Waals surface area contributed by atoms with Crippen LogP contribution < -0.4 is 9.80 Å². The minimum absolute atomic E-state index is 0.00461. The SMILES string of the molecule is C=CC(C)(I)c1ccc(-c2ccc(N(c3ccc(C4C(C)=CC(C)=CC4(C)C)cc3)c3ccc(-c4cc(CCCCCC)c(-c5ccc(N(c6ccc(-c7ccc(C(C)(C)C)cc7)cc6)c6ccc(-c7c(C)cc(C)cc7C)cc6)cc5C)cc4CCCCCC)c(C)c3)cc2)cc1. The van der Waals surface area contributed by atoms with Crippen LogP contribution in [0.5, 0.6) is 0 Å². The zero-order chi connectivity index (χ0) is 69.6. The van der Waals surface area contributed by atoms with Gasteiger partial charge in [-0.15, -0.1) is 6.58 Å². The highest BCUT2D eigenvalue weighted by molar-refractivity contribution is 14.1. The van der Waals surface area contributed by atoms with E-state index in [0.29, 0.717) is 5.92 Å². The minimum Gasteiger partial charge on any atom is -0.310 e. The normalized spacial score (nSPS) is 14.3. The zero-order valence-electron chi connectivity index (χ0n) is 61.5. The van der Waals surface area contributed by atoms with E-state index in [1.54, 1.807) is 0 Å². The Labute approximate surface area is 603 Å². The van der Waals surface area contributed by atoms with Crippen LogP contribution in [0.2, 0.25) is 0 Å². The molecule has 1 aliphatic carbocycles. The van der Waals surface area contributed by atoms with E-state index in [-0.39, 0.29) is 14.3 Å². The lowest BCUT2D eigenvalue weighted by Gasteiger charge is -2.37. The van der Waals surface area contributed by atoms with Crippen LogP contribution in [-0.2, 0) is 21.7 Å². The monoisotopic (exact) mass is 1400 g/mol. The van der Waals surface area contributed by atoms with Crippen LogP contribution in [-0.4, -0.2) is 0 Å². The van der Waals surface area contributed by atoms with Gasteiger partial charge in [-0.2, -0.15) is 0 Å². The van der Waals surface area contributed by atoms with Crippen molar-refractivity contribution in [3.05, 3.63) is 298 Å². The third-order valence-corrected chi connectivity index (χ3v) is 21.8. The van der Waals surface area contributed by atoms with Crippen molar-refractivity contribution >= 4 is 56.7 Å². The molecule has 0 aliphatic heterocycles. The fourth-order valence-electron chi connectivity index (χ4n) is 15.7. The van der Waals surface area contributed by atoms with Gasteiger partial charge < -0.3 is 9.80 Å². The highest BCUT2D eigenvalue weighted by Crippen LogP contribution is 2.49. The van der Waals surface area contributed by atoms with E-state index < -0.39 is 0 Å². The van der Waals surface area contributed by atoms with Gasteiger partial charge in [0, 0.05) is 40.0 Å². The summed E-state index contributed by atoms with van der Waals surface area (Å²) in [6, 6.07) is 79.6. The lowest BCUT2D eigenvalue weighted by molar-refractivity contribution is 0.403. The maximum Gasteiger partial charge on any atom is 0.0618 e. The number of rotatable bonds is 24. The number of hydrogen-bond acceptors (Lipinski definition) is 2. The Morgan fingerprint density at radius 2 is 0.796 bits per heavy atom. The van der Waals surface area contributed by atoms with Crippen LogP contribution in [0.1, 0.15) is 182 Å². The van der Waals surface area contributed by atoms with Crippen molar-refractivity contribution in [1.82, 2.24) is 0 Å². The molecule has 98 heavy (non-hydrogen) atoms. The fraction of sp³-hybridized carbons (Fsp3) is 0.305. The fourth-order valence-corrected chi connectivity index (χ4v) is 16.1. The van der Waals surface area contributed by atoms with Gasteiger partial charge in [-0.1, -0.05) is 278 Å². The first-order valence-electron chi connectivity index (χ1n) is 36.3. The Balaban J connectivity index is 0.991. The maximum atomic E-state index is 4.11. The molecule has 2 atom stereocenters. The molecule has 2 nitrogen and oxygen atoms in total. The minimum atomic E-state index is -0.124. The first-order chi connectivity index (χ1) is 46.9. The first kappa shape index (κ1) is 71.0. The van der Waals surface area contributed by atoms with Crippen molar-refractivity contribution in [2.75, 3.05) is 9.80 Å². The Hall–Kier alpha value is -8.25. The first-order valence-corrected chi connectivity index (χ1v) is 37.4. The lowest BCUT2D eigenvalue weighted by Crippen LogP contribution is -2.24. The summed E-state index contributed by atoms with van der Waals surface area (Å²) in [6.45, 7) is 38.5. The molecule has 2 unspecified atom stereocenters. The number of halogens is 1. The van der Waals surface area contributed by atoms with Crippen LogP contribution in [0.15, 0.2) is 242 Å². The Morgan fingerprint density at radius 3 is 1.17 bits per heavy atom. The summed E-state index contributed by atoms with van der Waals surface area (Å²) in [5, 5.41) is 0. The molecule has 0 amide bonds. The third-order valence-electron chi connectivity index (χ3n) is 20.8. The van der Waals surface area contributed by atoms with Crippen LogP contribution in [0.3, 0.4) is 0 Å². The van der Waals surface area contributed by atoms with E-state index in [4.69, 9.17) is 0 Å². The van der Waals surface area contributed by atoms with Gasteiger partial charge in [-0.25, -0.2) is 0 Å². The molecule has 502 valence electrons. The van der Waals surface area contributed by atoms with E-state index >= 15 is 0 Å². The zero-order valence-corrected chi connectivity index (χ0v) is 63.6. The van der Waals surface area contributed by atoms with Gasteiger partial charge in [-0.3, -0.25) is 0 Å². The van der Waals surface area contributed by atoms with Gasteiger partial charge in [0.05, 0.1) is 3.42 Å². The van der Waals surface area contributed by atoms with Crippen molar-refractivity contribution in [1.29, 1.82) is 0 Å². The molecule has 0 saturated carbocycles. The van der Waals surface area contributed by atoms with E-state index in [0.717, 1.165) is 59.8 Å². The number of aryl methyl sites for hydroxylation is 7.